The van der Waals surface area contributed by atoms with Crippen LogP contribution in [0.25, 0.3) is 0 Å². The molecule has 0 saturated heterocycles. The van der Waals surface area contributed by atoms with E-state index in [0.29, 0.717) is 18.9 Å². The lowest BCUT2D eigenvalue weighted by molar-refractivity contribution is -0.123. The van der Waals surface area contributed by atoms with Gasteiger partial charge in [0.1, 0.15) is 0 Å². The Balaban J connectivity index is 2.00. The topological polar surface area (TPSA) is 55.1 Å². The molecule has 2 unspecified atom stereocenters. The second-order valence-electron chi connectivity index (χ2n) is 6.22. The molecule has 0 aromatic heterocycles. The van der Waals surface area contributed by atoms with E-state index in [1.165, 1.54) is 12.0 Å². The van der Waals surface area contributed by atoms with E-state index in [4.69, 9.17) is 5.73 Å². The van der Waals surface area contributed by atoms with Crippen LogP contribution < -0.4 is 11.1 Å². The van der Waals surface area contributed by atoms with Gasteiger partial charge in [-0.1, -0.05) is 49.6 Å². The maximum Gasteiger partial charge on any atom is 0.224 e. The molecule has 0 aliphatic heterocycles. The summed E-state index contributed by atoms with van der Waals surface area (Å²) in [6.07, 6.45) is 5.00. The van der Waals surface area contributed by atoms with Crippen molar-refractivity contribution in [2.45, 2.75) is 51.5 Å². The van der Waals surface area contributed by atoms with Crippen molar-refractivity contribution in [1.29, 1.82) is 0 Å². The third kappa shape index (κ3) is 3.40. The summed E-state index contributed by atoms with van der Waals surface area (Å²) < 4.78 is 0. The second kappa shape index (κ2) is 6.40. The predicted octanol–water partition coefficient (Wildman–Crippen LogP) is 2.56. The van der Waals surface area contributed by atoms with Gasteiger partial charge in [-0.05, 0) is 31.2 Å². The molecule has 3 nitrogen and oxygen atoms in total. The molecule has 110 valence electrons. The number of amides is 1. The van der Waals surface area contributed by atoms with Crippen LogP contribution in [0.1, 0.15) is 43.7 Å². The van der Waals surface area contributed by atoms with Crippen molar-refractivity contribution in [1.82, 2.24) is 5.32 Å². The first-order valence-electron chi connectivity index (χ1n) is 7.62. The highest BCUT2D eigenvalue weighted by molar-refractivity contribution is 5.79. The standard InChI is InChI=1S/C17H26N2O/c1-13-6-8-15(9-7-13)11-16(20)19-17(12-18)10-4-3-5-14(17)2/h6-9,14H,3-5,10-12,18H2,1-2H3,(H,19,20). The first kappa shape index (κ1) is 15.0. The monoisotopic (exact) mass is 274 g/mol. The zero-order valence-electron chi connectivity index (χ0n) is 12.6. The Morgan fingerprint density at radius 3 is 2.65 bits per heavy atom. The lowest BCUT2D eigenvalue weighted by Gasteiger charge is -2.42. The van der Waals surface area contributed by atoms with Gasteiger partial charge in [0.25, 0.3) is 0 Å². The van der Waals surface area contributed by atoms with Crippen LogP contribution in [0.4, 0.5) is 0 Å². The minimum absolute atomic E-state index is 0.0908. The molecule has 2 rings (SSSR count). The number of hydrogen-bond donors (Lipinski definition) is 2. The van der Waals surface area contributed by atoms with Crippen molar-refractivity contribution in [3.8, 4) is 0 Å². The molecule has 1 fully saturated rings. The van der Waals surface area contributed by atoms with Crippen LogP contribution in [0.15, 0.2) is 24.3 Å². The van der Waals surface area contributed by atoms with Gasteiger partial charge < -0.3 is 11.1 Å². The highest BCUT2D eigenvalue weighted by Crippen LogP contribution is 2.32. The zero-order valence-corrected chi connectivity index (χ0v) is 12.6. The second-order valence-corrected chi connectivity index (χ2v) is 6.22. The van der Waals surface area contributed by atoms with Crippen LogP contribution >= 0.6 is 0 Å². The van der Waals surface area contributed by atoms with Crippen molar-refractivity contribution >= 4 is 5.91 Å². The number of carbonyl (C=O) groups is 1. The molecular formula is C17H26N2O. The van der Waals surface area contributed by atoms with Gasteiger partial charge in [0, 0.05) is 6.54 Å². The van der Waals surface area contributed by atoms with E-state index < -0.39 is 0 Å². The summed E-state index contributed by atoms with van der Waals surface area (Å²) in [6.45, 7) is 4.79. The Bertz CT molecular complexity index is 455. The maximum atomic E-state index is 12.3. The first-order chi connectivity index (χ1) is 9.55. The number of aryl methyl sites for hydroxylation is 1. The first-order valence-corrected chi connectivity index (χ1v) is 7.62. The Morgan fingerprint density at radius 1 is 1.35 bits per heavy atom. The molecule has 0 radical (unpaired) electrons. The predicted molar refractivity (Wildman–Crippen MR) is 82.4 cm³/mol. The van der Waals surface area contributed by atoms with E-state index in [2.05, 4.69) is 19.2 Å². The van der Waals surface area contributed by atoms with Crippen molar-refractivity contribution in [2.75, 3.05) is 6.54 Å². The normalized spacial score (nSPS) is 26.2. The van der Waals surface area contributed by atoms with E-state index in [9.17, 15) is 4.79 Å². The lowest BCUT2D eigenvalue weighted by atomic mass is 9.73. The van der Waals surface area contributed by atoms with Crippen LogP contribution in [0.5, 0.6) is 0 Å². The highest BCUT2D eigenvalue weighted by Gasteiger charge is 2.38. The molecule has 3 heteroatoms. The molecule has 0 spiro atoms. The third-order valence-electron chi connectivity index (χ3n) is 4.69. The summed E-state index contributed by atoms with van der Waals surface area (Å²) in [7, 11) is 0. The van der Waals surface area contributed by atoms with Crippen LogP contribution in [-0.4, -0.2) is 18.0 Å². The molecule has 1 amide bonds. The number of benzene rings is 1. The molecule has 1 saturated carbocycles. The quantitative estimate of drug-likeness (QED) is 0.886. The fraction of sp³-hybridized carbons (Fsp3) is 0.588. The van der Waals surface area contributed by atoms with Crippen LogP contribution in [0, 0.1) is 12.8 Å². The molecular weight excluding hydrogens is 248 g/mol. The van der Waals surface area contributed by atoms with Gasteiger partial charge in [-0.3, -0.25) is 4.79 Å². The summed E-state index contributed by atoms with van der Waals surface area (Å²) in [4.78, 5) is 12.3. The zero-order chi connectivity index (χ0) is 14.6. The molecule has 20 heavy (non-hydrogen) atoms. The Kier molecular flexibility index (Phi) is 4.81. The molecule has 1 aliphatic rings. The smallest absolute Gasteiger partial charge is 0.224 e. The van der Waals surface area contributed by atoms with Crippen LogP contribution in [-0.2, 0) is 11.2 Å². The highest BCUT2D eigenvalue weighted by atomic mass is 16.1. The summed E-state index contributed by atoms with van der Waals surface area (Å²) in [5, 5.41) is 3.23. The molecule has 1 aromatic carbocycles. The summed E-state index contributed by atoms with van der Waals surface area (Å²) in [5.41, 5.74) is 8.06. The van der Waals surface area contributed by atoms with E-state index in [1.54, 1.807) is 0 Å². The van der Waals surface area contributed by atoms with Crippen molar-refractivity contribution < 1.29 is 4.79 Å². The molecule has 2 atom stereocenters. The van der Waals surface area contributed by atoms with Gasteiger partial charge in [0.2, 0.25) is 5.91 Å². The average Bonchev–Trinajstić information content (AvgIpc) is 2.44. The van der Waals surface area contributed by atoms with Gasteiger partial charge in [-0.15, -0.1) is 0 Å². The molecule has 0 bridgehead atoms. The van der Waals surface area contributed by atoms with Gasteiger partial charge in [-0.25, -0.2) is 0 Å². The average molecular weight is 274 g/mol. The van der Waals surface area contributed by atoms with Crippen molar-refractivity contribution in [3.05, 3.63) is 35.4 Å². The summed E-state index contributed by atoms with van der Waals surface area (Å²) in [5.74, 6) is 0.552. The number of nitrogens with two attached hydrogens (primary N) is 1. The number of hydrogen-bond acceptors (Lipinski definition) is 2. The SMILES string of the molecule is Cc1ccc(CC(=O)NC2(CN)CCCCC2C)cc1. The van der Waals surface area contributed by atoms with Gasteiger partial charge in [0.15, 0.2) is 0 Å². The Morgan fingerprint density at radius 2 is 2.05 bits per heavy atom. The molecule has 0 heterocycles. The largest absolute Gasteiger partial charge is 0.349 e. The lowest BCUT2D eigenvalue weighted by Crippen LogP contribution is -2.59. The minimum atomic E-state index is -0.194. The molecule has 3 N–H and O–H groups in total. The van der Waals surface area contributed by atoms with Gasteiger partial charge >= 0.3 is 0 Å². The Hall–Kier alpha value is -1.35. The van der Waals surface area contributed by atoms with Crippen molar-refractivity contribution in [2.24, 2.45) is 11.7 Å². The van der Waals surface area contributed by atoms with Gasteiger partial charge in [0.05, 0.1) is 12.0 Å². The van der Waals surface area contributed by atoms with E-state index in [0.717, 1.165) is 24.8 Å². The summed E-state index contributed by atoms with van der Waals surface area (Å²) in [6, 6.07) is 8.14. The van der Waals surface area contributed by atoms with Crippen LogP contribution in [0.3, 0.4) is 0 Å². The van der Waals surface area contributed by atoms with Gasteiger partial charge in [-0.2, -0.15) is 0 Å². The fourth-order valence-electron chi connectivity index (χ4n) is 3.17. The van der Waals surface area contributed by atoms with E-state index in [1.807, 2.05) is 24.3 Å². The summed E-state index contributed by atoms with van der Waals surface area (Å²) >= 11 is 0. The fourth-order valence-corrected chi connectivity index (χ4v) is 3.17. The molecule has 1 aliphatic carbocycles. The third-order valence-corrected chi connectivity index (χ3v) is 4.69. The van der Waals surface area contributed by atoms with Crippen LogP contribution in [0.2, 0.25) is 0 Å². The van der Waals surface area contributed by atoms with E-state index in [-0.39, 0.29) is 11.4 Å². The number of nitrogens with one attached hydrogen (secondary N) is 1. The van der Waals surface area contributed by atoms with Crippen molar-refractivity contribution in [3.63, 3.8) is 0 Å². The number of carbonyl (C=O) groups excluding carboxylic acids is 1. The van der Waals surface area contributed by atoms with E-state index >= 15 is 0 Å². The molecule has 1 aromatic rings. The maximum absolute atomic E-state index is 12.3. The minimum Gasteiger partial charge on any atom is -0.349 e. The Labute approximate surface area is 121 Å². The number of rotatable bonds is 4.